The summed E-state index contributed by atoms with van der Waals surface area (Å²) >= 11 is 4.97. The van der Waals surface area contributed by atoms with E-state index in [1.807, 2.05) is 0 Å². The molecule has 11 heavy (non-hydrogen) atoms. The lowest BCUT2D eigenvalue weighted by Crippen LogP contribution is -2.23. The van der Waals surface area contributed by atoms with Gasteiger partial charge in [-0.2, -0.15) is 0 Å². The molecule has 7 heteroatoms. The molecule has 6 nitrogen and oxygen atoms in total. The highest BCUT2D eigenvalue weighted by atomic mass is 35.5. The molecule has 0 spiro atoms. The van der Waals surface area contributed by atoms with Crippen molar-refractivity contribution in [2.45, 2.75) is 13.2 Å². The third-order valence-corrected chi connectivity index (χ3v) is 0.845. The maximum atomic E-state index is 10.3. The van der Waals surface area contributed by atoms with Gasteiger partial charge in [0.05, 0.1) is 4.92 Å². The predicted molar refractivity (Wildman–Crippen MR) is 34.7 cm³/mol. The summed E-state index contributed by atoms with van der Waals surface area (Å²) in [7, 11) is 0. The second-order valence-corrected chi connectivity index (χ2v) is 1.72. The molecular weight excluding hydrogens is 177 g/mol. The molecule has 0 radical (unpaired) electrons. The number of halogens is 1. The van der Waals surface area contributed by atoms with E-state index < -0.39 is 17.3 Å². The number of rotatable bonds is 3. The van der Waals surface area contributed by atoms with E-state index in [1.165, 1.54) is 0 Å². The quantitative estimate of drug-likeness (QED) is 0.214. The molecule has 0 saturated carbocycles. The predicted octanol–water partition coefficient (Wildman–Crippen LogP) is 0.959. The third kappa shape index (κ3) is 4.38. The molecule has 0 aliphatic carbocycles. The second kappa shape index (κ2) is 4.73. The number of carbonyl (C=O) groups is 1. The van der Waals surface area contributed by atoms with Crippen LogP contribution in [0.5, 0.6) is 0 Å². The number of alkyl halides is 1. The van der Waals surface area contributed by atoms with Crippen LogP contribution < -0.4 is 0 Å². The first-order chi connectivity index (χ1) is 5.07. The molecular formula is C4H6ClNO5. The van der Waals surface area contributed by atoms with Gasteiger partial charge in [0.2, 0.25) is 0 Å². The Kier molecular flexibility index (Phi) is 4.28. The van der Waals surface area contributed by atoms with Crippen molar-refractivity contribution in [1.29, 1.82) is 0 Å². The Hall–Kier alpha value is -1.04. The fourth-order valence-corrected chi connectivity index (χ4v) is 0.350. The Labute approximate surface area is 67.2 Å². The summed E-state index contributed by atoms with van der Waals surface area (Å²) in [5, 5.41) is 9.88. The zero-order valence-electron chi connectivity index (χ0n) is 5.65. The van der Waals surface area contributed by atoms with Gasteiger partial charge in [-0.25, -0.2) is 4.79 Å². The van der Waals surface area contributed by atoms with E-state index in [1.54, 1.807) is 0 Å². The molecule has 0 aliphatic heterocycles. The van der Waals surface area contributed by atoms with Crippen molar-refractivity contribution >= 4 is 17.8 Å². The van der Waals surface area contributed by atoms with Crippen molar-refractivity contribution in [2.24, 2.45) is 0 Å². The summed E-state index contributed by atoms with van der Waals surface area (Å²) in [6.45, 7) is 1.11. The van der Waals surface area contributed by atoms with Crippen molar-refractivity contribution < 1.29 is 19.2 Å². The summed E-state index contributed by atoms with van der Waals surface area (Å²) in [6.07, 6.45) is -2.56. The first-order valence-corrected chi connectivity index (χ1v) is 3.14. The Morgan fingerprint density at radius 1 is 1.82 bits per heavy atom. The van der Waals surface area contributed by atoms with Gasteiger partial charge < -0.3 is 9.47 Å². The zero-order chi connectivity index (χ0) is 8.85. The molecule has 0 saturated heterocycles. The molecule has 0 aliphatic rings. The topological polar surface area (TPSA) is 78.7 Å². The van der Waals surface area contributed by atoms with E-state index >= 15 is 0 Å². The molecule has 0 heterocycles. The van der Waals surface area contributed by atoms with Crippen LogP contribution in [0.2, 0.25) is 0 Å². The highest BCUT2D eigenvalue weighted by molar-refractivity contribution is 6.17. The van der Waals surface area contributed by atoms with Crippen molar-refractivity contribution in [3.63, 3.8) is 0 Å². The SMILES string of the molecule is CC(OC(=O)OCCl)[N+](=O)[O-]. The zero-order valence-corrected chi connectivity index (χ0v) is 6.41. The van der Waals surface area contributed by atoms with Crippen LogP contribution in [0.3, 0.4) is 0 Å². The molecule has 0 aromatic rings. The second-order valence-electron chi connectivity index (χ2n) is 1.51. The van der Waals surface area contributed by atoms with Crippen LogP contribution in [0.1, 0.15) is 6.92 Å². The number of hydrogen-bond donors (Lipinski definition) is 0. The minimum absolute atomic E-state index is 0.386. The molecule has 0 fully saturated rings. The van der Waals surface area contributed by atoms with E-state index in [0.717, 1.165) is 6.92 Å². The fourth-order valence-electron chi connectivity index (χ4n) is 0.261. The number of hydrogen-bond acceptors (Lipinski definition) is 5. The first kappa shape index (κ1) is 9.96. The van der Waals surface area contributed by atoms with E-state index in [9.17, 15) is 14.9 Å². The molecule has 0 amide bonds. The van der Waals surface area contributed by atoms with Crippen molar-refractivity contribution in [3.05, 3.63) is 10.1 Å². The van der Waals surface area contributed by atoms with Crippen molar-refractivity contribution in [3.8, 4) is 0 Å². The Morgan fingerprint density at radius 3 is 2.73 bits per heavy atom. The van der Waals surface area contributed by atoms with E-state index in [-0.39, 0.29) is 6.07 Å². The van der Waals surface area contributed by atoms with Crippen LogP contribution in [0.25, 0.3) is 0 Å². The van der Waals surface area contributed by atoms with Crippen LogP contribution >= 0.6 is 11.6 Å². The maximum absolute atomic E-state index is 10.3. The highest BCUT2D eigenvalue weighted by Crippen LogP contribution is 1.95. The molecule has 1 unspecified atom stereocenters. The lowest BCUT2D eigenvalue weighted by Gasteiger charge is -2.03. The largest absolute Gasteiger partial charge is 0.514 e. The number of ether oxygens (including phenoxy) is 2. The van der Waals surface area contributed by atoms with Crippen LogP contribution in [-0.2, 0) is 9.47 Å². The summed E-state index contributed by atoms with van der Waals surface area (Å²) in [4.78, 5) is 19.4. The van der Waals surface area contributed by atoms with Crippen LogP contribution in [0.4, 0.5) is 4.79 Å². The molecule has 0 N–H and O–H groups in total. The minimum atomic E-state index is -1.41. The Balaban J connectivity index is 3.66. The van der Waals surface area contributed by atoms with Gasteiger partial charge in [0, 0.05) is 6.92 Å². The maximum Gasteiger partial charge on any atom is 0.514 e. The van der Waals surface area contributed by atoms with Gasteiger partial charge in [-0.05, 0) is 0 Å². The van der Waals surface area contributed by atoms with E-state index in [2.05, 4.69) is 9.47 Å². The summed E-state index contributed by atoms with van der Waals surface area (Å²) in [6, 6.07) is -0.386. The van der Waals surface area contributed by atoms with Gasteiger partial charge >= 0.3 is 12.4 Å². The lowest BCUT2D eigenvalue weighted by molar-refractivity contribution is -0.563. The summed E-state index contributed by atoms with van der Waals surface area (Å²) < 4.78 is 8.17. The van der Waals surface area contributed by atoms with Gasteiger partial charge in [0.1, 0.15) is 0 Å². The Bertz CT molecular complexity index is 161. The monoisotopic (exact) mass is 183 g/mol. The molecule has 0 bridgehead atoms. The standard InChI is InChI=1S/C4H6ClNO5/c1-3(6(8)9)11-4(7)10-2-5/h3H,2H2,1H3. The highest BCUT2D eigenvalue weighted by Gasteiger charge is 2.18. The summed E-state index contributed by atoms with van der Waals surface area (Å²) in [5.74, 6) is 0. The molecule has 64 valence electrons. The van der Waals surface area contributed by atoms with E-state index in [4.69, 9.17) is 11.6 Å². The van der Waals surface area contributed by atoms with Gasteiger partial charge in [-0.1, -0.05) is 11.6 Å². The molecule has 0 aromatic carbocycles. The minimum Gasteiger partial charge on any atom is -0.418 e. The molecule has 1 atom stereocenters. The number of carbonyl (C=O) groups excluding carboxylic acids is 1. The van der Waals surface area contributed by atoms with Gasteiger partial charge in [0.25, 0.3) is 0 Å². The number of nitro groups is 1. The molecule has 0 rings (SSSR count). The summed E-state index contributed by atoms with van der Waals surface area (Å²) in [5.41, 5.74) is 0. The van der Waals surface area contributed by atoms with Gasteiger partial charge in [-0.15, -0.1) is 0 Å². The van der Waals surface area contributed by atoms with E-state index in [0.29, 0.717) is 0 Å². The lowest BCUT2D eigenvalue weighted by atomic mass is 10.7. The van der Waals surface area contributed by atoms with Crippen LogP contribution in [0, 0.1) is 10.1 Å². The normalized spacial score (nSPS) is 11.8. The third-order valence-electron chi connectivity index (χ3n) is 0.736. The smallest absolute Gasteiger partial charge is 0.418 e. The molecule has 0 aromatic heterocycles. The average molecular weight is 184 g/mol. The van der Waals surface area contributed by atoms with Crippen molar-refractivity contribution in [1.82, 2.24) is 0 Å². The fraction of sp³-hybridized carbons (Fsp3) is 0.750. The van der Waals surface area contributed by atoms with Crippen molar-refractivity contribution in [2.75, 3.05) is 6.07 Å². The van der Waals surface area contributed by atoms with Crippen LogP contribution in [0.15, 0.2) is 0 Å². The first-order valence-electron chi connectivity index (χ1n) is 2.60. The van der Waals surface area contributed by atoms with Gasteiger partial charge in [-0.3, -0.25) is 10.1 Å². The van der Waals surface area contributed by atoms with Crippen LogP contribution in [-0.4, -0.2) is 23.4 Å². The number of nitrogens with zero attached hydrogens (tertiary/aromatic N) is 1. The average Bonchev–Trinajstić information content (AvgIpc) is 1.87. The Morgan fingerprint density at radius 2 is 2.36 bits per heavy atom. The van der Waals surface area contributed by atoms with Gasteiger partial charge in [0.15, 0.2) is 6.07 Å².